The van der Waals surface area contributed by atoms with Gasteiger partial charge in [-0.05, 0) is 77.8 Å². The maximum atomic E-state index is 13.1. The molecule has 254 valence electrons. The average molecular weight is 681 g/mol. The molecule has 0 atom stereocenters. The van der Waals surface area contributed by atoms with Crippen molar-refractivity contribution in [2.45, 2.75) is 52.8 Å². The van der Waals surface area contributed by atoms with Crippen molar-refractivity contribution < 1.29 is 27.4 Å². The van der Waals surface area contributed by atoms with E-state index in [4.69, 9.17) is 4.74 Å². The van der Waals surface area contributed by atoms with E-state index >= 15 is 0 Å². The molecule has 5 rings (SSSR count). The summed E-state index contributed by atoms with van der Waals surface area (Å²) in [6, 6.07) is 18.9. The zero-order chi connectivity index (χ0) is 34.5. The number of thioether (sulfide) groups is 1. The number of aromatic nitrogens is 3. The number of anilines is 1. The molecule has 2 amide bonds. The Morgan fingerprint density at radius 2 is 1.75 bits per heavy atom. The first-order chi connectivity index (χ1) is 22.8. The van der Waals surface area contributed by atoms with Gasteiger partial charge in [0.25, 0.3) is 0 Å². The van der Waals surface area contributed by atoms with Gasteiger partial charge in [0.2, 0.25) is 0 Å². The van der Waals surface area contributed by atoms with Crippen LogP contribution in [0.3, 0.4) is 0 Å². The zero-order valence-electron chi connectivity index (χ0n) is 27.5. The Morgan fingerprint density at radius 1 is 1.04 bits per heavy atom. The number of ether oxygens (including phenoxy) is 2. The number of urea groups is 1. The molecule has 13 heteroatoms. The molecular weight excluding hydrogens is 641 g/mol. The van der Waals surface area contributed by atoms with E-state index in [9.17, 15) is 18.0 Å². The quantitative estimate of drug-likeness (QED) is 0.180. The summed E-state index contributed by atoms with van der Waals surface area (Å²) in [5, 5.41) is 8.19. The van der Waals surface area contributed by atoms with Gasteiger partial charge in [-0.2, -0.15) is 4.99 Å². The SMILES string of the molecule is COc1ccc(N2CCCSC2=NC(=O)NCC(C)(C)Cc2ccc(-c3ncn(-c4ccc(OC(F)(F)F)cc4)n3)cc2)c(C(C)C)c1. The van der Waals surface area contributed by atoms with E-state index in [0.29, 0.717) is 29.6 Å². The summed E-state index contributed by atoms with van der Waals surface area (Å²) >= 11 is 1.59. The third-order valence-electron chi connectivity index (χ3n) is 7.77. The number of methoxy groups -OCH3 is 1. The Morgan fingerprint density at radius 3 is 2.42 bits per heavy atom. The number of rotatable bonds is 10. The Hall–Kier alpha value is -4.52. The number of alkyl halides is 3. The molecule has 1 saturated heterocycles. The second kappa shape index (κ2) is 14.7. The number of hydrogen-bond donors (Lipinski definition) is 1. The number of nitrogens with zero attached hydrogens (tertiary/aromatic N) is 5. The van der Waals surface area contributed by atoms with E-state index in [1.165, 1.54) is 35.3 Å². The highest BCUT2D eigenvalue weighted by molar-refractivity contribution is 8.14. The number of aliphatic imine (C=N–C) groups is 1. The lowest BCUT2D eigenvalue weighted by Crippen LogP contribution is -2.38. The lowest BCUT2D eigenvalue weighted by atomic mass is 9.85. The standard InChI is InChI=1S/C35H39F3N6O3S/c1-23(2)29-19-28(46-5)15-16-30(29)43-17-6-18-48-33(43)41-32(45)39-21-34(3,4)20-24-7-9-25(10-8-24)31-40-22-44(42-31)26-11-13-27(14-12-26)47-35(36,37)38/h7-16,19,22-23H,6,17-18,20-21H2,1-5H3,(H,39,45). The first kappa shape index (κ1) is 34.8. The van der Waals surface area contributed by atoms with Gasteiger partial charge in [0.15, 0.2) is 11.0 Å². The Kier molecular flexibility index (Phi) is 10.7. The summed E-state index contributed by atoms with van der Waals surface area (Å²) in [7, 11) is 1.66. The summed E-state index contributed by atoms with van der Waals surface area (Å²) in [6.45, 7) is 9.70. The molecule has 1 aliphatic rings. The lowest BCUT2D eigenvalue weighted by Gasteiger charge is -2.32. The number of hydrogen-bond acceptors (Lipinski definition) is 6. The zero-order valence-corrected chi connectivity index (χ0v) is 28.4. The van der Waals surface area contributed by atoms with E-state index in [1.807, 2.05) is 36.4 Å². The number of carbonyl (C=O) groups excluding carboxylic acids is 1. The summed E-state index contributed by atoms with van der Waals surface area (Å²) < 4.78 is 48.2. The van der Waals surface area contributed by atoms with Crippen molar-refractivity contribution in [2.24, 2.45) is 10.4 Å². The molecule has 1 fully saturated rings. The molecule has 0 bridgehead atoms. The van der Waals surface area contributed by atoms with Gasteiger partial charge in [-0.25, -0.2) is 14.5 Å². The van der Waals surface area contributed by atoms with Crippen LogP contribution in [-0.2, 0) is 6.42 Å². The van der Waals surface area contributed by atoms with Crippen LogP contribution in [0.5, 0.6) is 11.5 Å². The number of amides is 2. The smallest absolute Gasteiger partial charge is 0.497 e. The predicted octanol–water partition coefficient (Wildman–Crippen LogP) is 8.24. The van der Waals surface area contributed by atoms with Gasteiger partial charge < -0.3 is 19.7 Å². The van der Waals surface area contributed by atoms with Crippen molar-refractivity contribution in [3.05, 3.63) is 84.2 Å². The Balaban J connectivity index is 1.19. The fourth-order valence-electron chi connectivity index (χ4n) is 5.39. The van der Waals surface area contributed by atoms with Crippen LogP contribution >= 0.6 is 11.8 Å². The fourth-order valence-corrected chi connectivity index (χ4v) is 6.34. The van der Waals surface area contributed by atoms with Crippen LogP contribution in [0.4, 0.5) is 23.7 Å². The number of benzene rings is 3. The molecule has 4 aromatic rings. The number of halogens is 3. The highest BCUT2D eigenvalue weighted by Gasteiger charge is 2.31. The van der Waals surface area contributed by atoms with Gasteiger partial charge in [-0.1, -0.05) is 63.7 Å². The van der Waals surface area contributed by atoms with Crippen molar-refractivity contribution in [3.63, 3.8) is 0 Å². The molecule has 1 N–H and O–H groups in total. The van der Waals surface area contributed by atoms with E-state index in [1.54, 1.807) is 18.9 Å². The van der Waals surface area contributed by atoms with E-state index in [-0.39, 0.29) is 23.1 Å². The van der Waals surface area contributed by atoms with Crippen LogP contribution in [0.15, 0.2) is 78.0 Å². The highest BCUT2D eigenvalue weighted by atomic mass is 32.2. The van der Waals surface area contributed by atoms with Crippen LogP contribution in [0.1, 0.15) is 51.2 Å². The molecule has 1 aliphatic heterocycles. The lowest BCUT2D eigenvalue weighted by molar-refractivity contribution is -0.274. The maximum Gasteiger partial charge on any atom is 0.573 e. The topological polar surface area (TPSA) is 93.9 Å². The second-order valence-electron chi connectivity index (χ2n) is 12.6. The molecule has 2 heterocycles. The van der Waals surface area contributed by atoms with Crippen molar-refractivity contribution in [1.29, 1.82) is 0 Å². The van der Waals surface area contributed by atoms with Gasteiger partial charge in [0, 0.05) is 30.1 Å². The molecule has 0 saturated carbocycles. The second-order valence-corrected chi connectivity index (χ2v) is 13.6. The maximum absolute atomic E-state index is 13.1. The monoisotopic (exact) mass is 680 g/mol. The first-order valence-electron chi connectivity index (χ1n) is 15.6. The van der Waals surface area contributed by atoms with Crippen LogP contribution in [0, 0.1) is 5.41 Å². The normalized spacial score (nSPS) is 14.8. The van der Waals surface area contributed by atoms with Crippen molar-refractivity contribution in [3.8, 4) is 28.6 Å². The molecule has 0 aliphatic carbocycles. The third kappa shape index (κ3) is 9.09. The number of nitrogens with one attached hydrogen (secondary N) is 1. The summed E-state index contributed by atoms with van der Waals surface area (Å²) in [6.07, 6.45) is -1.54. The fraction of sp³-hybridized carbons (Fsp3) is 0.371. The van der Waals surface area contributed by atoms with Crippen LogP contribution < -0.4 is 19.7 Å². The van der Waals surface area contributed by atoms with E-state index < -0.39 is 6.36 Å². The summed E-state index contributed by atoms with van der Waals surface area (Å²) in [4.78, 5) is 24.0. The molecule has 0 unspecified atom stereocenters. The minimum Gasteiger partial charge on any atom is -0.497 e. The van der Waals surface area contributed by atoms with Crippen molar-refractivity contribution in [1.82, 2.24) is 20.1 Å². The minimum atomic E-state index is -4.75. The Labute approximate surface area is 282 Å². The largest absolute Gasteiger partial charge is 0.573 e. The molecule has 3 aromatic carbocycles. The molecule has 1 aromatic heterocycles. The van der Waals surface area contributed by atoms with Gasteiger partial charge in [-0.15, -0.1) is 18.3 Å². The minimum absolute atomic E-state index is 0.251. The van der Waals surface area contributed by atoms with Gasteiger partial charge >= 0.3 is 12.4 Å². The number of carbonyl (C=O) groups is 1. The van der Waals surface area contributed by atoms with Crippen LogP contribution in [0.25, 0.3) is 17.1 Å². The predicted molar refractivity (Wildman–Crippen MR) is 183 cm³/mol. The first-order valence-corrected chi connectivity index (χ1v) is 16.6. The molecule has 0 spiro atoms. The average Bonchev–Trinajstić information content (AvgIpc) is 3.54. The Bertz CT molecular complexity index is 1740. The van der Waals surface area contributed by atoms with E-state index in [2.05, 4.69) is 63.8 Å². The van der Waals surface area contributed by atoms with Crippen molar-refractivity contribution >= 4 is 28.6 Å². The molecule has 9 nitrogen and oxygen atoms in total. The van der Waals surface area contributed by atoms with Gasteiger partial charge in [0.1, 0.15) is 17.8 Å². The van der Waals surface area contributed by atoms with Gasteiger partial charge in [0.05, 0.1) is 12.8 Å². The van der Waals surface area contributed by atoms with E-state index in [0.717, 1.165) is 46.8 Å². The number of amidine groups is 1. The molecule has 0 radical (unpaired) electrons. The van der Waals surface area contributed by atoms with Crippen molar-refractivity contribution in [2.75, 3.05) is 30.9 Å². The third-order valence-corrected chi connectivity index (χ3v) is 8.84. The molecule has 48 heavy (non-hydrogen) atoms. The van der Waals surface area contributed by atoms with Crippen LogP contribution in [-0.4, -0.2) is 58.3 Å². The summed E-state index contributed by atoms with van der Waals surface area (Å²) in [5.74, 6) is 2.15. The van der Waals surface area contributed by atoms with Crippen LogP contribution in [0.2, 0.25) is 0 Å². The highest BCUT2D eigenvalue weighted by Crippen LogP contribution is 2.35. The molecular formula is C35H39F3N6O3S. The van der Waals surface area contributed by atoms with Gasteiger partial charge in [-0.3, -0.25) is 0 Å². The summed E-state index contributed by atoms with van der Waals surface area (Å²) in [5.41, 5.74) is 4.37.